The maximum absolute atomic E-state index is 12.7. The van der Waals surface area contributed by atoms with E-state index in [4.69, 9.17) is 9.31 Å². The molecule has 1 unspecified atom stereocenters. The molecule has 2 aliphatic rings. The molecule has 5 rings (SSSR count). The van der Waals surface area contributed by atoms with Gasteiger partial charge in [0.05, 0.1) is 5.56 Å². The fourth-order valence-electron chi connectivity index (χ4n) is 4.51. The minimum Gasteiger partial charge on any atom is -0.746 e. The van der Waals surface area contributed by atoms with Gasteiger partial charge in [-0.05, 0) is 72.1 Å². The molecule has 2 amide bonds. The molecular formula is C29H22N2O10P-. The monoisotopic (exact) mass is 589 g/mol. The maximum atomic E-state index is 12.7. The van der Waals surface area contributed by atoms with Gasteiger partial charge in [-0.15, -0.1) is 0 Å². The van der Waals surface area contributed by atoms with Crippen molar-refractivity contribution in [3.63, 3.8) is 0 Å². The lowest BCUT2D eigenvalue weighted by Crippen LogP contribution is -2.30. The lowest BCUT2D eigenvalue weighted by molar-refractivity contribution is -0.211. The van der Waals surface area contributed by atoms with Crippen LogP contribution in [0.4, 0.5) is 10.5 Å². The Bertz CT molecular complexity index is 1900. The standard InChI is InChI=1S/C29H23N2O10P/c32-18-4-9-22-25(14-18)40-26-15-19(33)5-10-23(26)27(22)24-13-17(3-8-21(24)28(34)35)31-29(36)30-12-11-16-1-6-20(7-2-16)41-42(37,38)39/h1-10,13-15,32H,11-12H2,(H,34,35)(H2,30,31,36)(H2,37,38,39)/p-1. The molecule has 0 aromatic heterocycles. The largest absolute Gasteiger partial charge is 0.746 e. The van der Waals surface area contributed by atoms with Crippen LogP contribution in [0.2, 0.25) is 0 Å². The molecule has 3 aromatic rings. The Labute approximate surface area is 237 Å². The number of carboxylic acid groups (broad SMARTS) is 1. The molecule has 0 bridgehead atoms. The average Bonchev–Trinajstić information content (AvgIpc) is 2.91. The highest BCUT2D eigenvalue weighted by atomic mass is 31.2. The third-order valence-electron chi connectivity index (χ3n) is 6.30. The summed E-state index contributed by atoms with van der Waals surface area (Å²) in [5, 5.41) is 25.8. The van der Waals surface area contributed by atoms with Crippen LogP contribution >= 0.6 is 7.82 Å². The van der Waals surface area contributed by atoms with Gasteiger partial charge in [0, 0.05) is 40.9 Å². The third kappa shape index (κ3) is 6.42. The van der Waals surface area contributed by atoms with Crippen LogP contribution in [0.25, 0.3) is 33.4 Å². The molecule has 0 fully saturated rings. The summed E-state index contributed by atoms with van der Waals surface area (Å²) >= 11 is 0. The number of carbonyl (C=O) groups is 2. The minimum atomic E-state index is -4.91. The number of phenolic OH excluding ortho intramolecular Hbond substituents is 1. The zero-order valence-corrected chi connectivity index (χ0v) is 22.5. The van der Waals surface area contributed by atoms with E-state index in [2.05, 4.69) is 15.2 Å². The molecule has 12 nitrogen and oxygen atoms in total. The number of nitrogens with one attached hydrogen (secondary N) is 2. The predicted octanol–water partition coefficient (Wildman–Crippen LogP) is 4.17. The van der Waals surface area contributed by atoms with Crippen LogP contribution in [-0.2, 0) is 11.0 Å². The summed E-state index contributed by atoms with van der Waals surface area (Å²) in [4.78, 5) is 56.5. The number of anilines is 1. The van der Waals surface area contributed by atoms with Gasteiger partial charge in [-0.25, -0.2) is 9.59 Å². The van der Waals surface area contributed by atoms with Crippen molar-refractivity contribution in [2.24, 2.45) is 0 Å². The molecule has 1 aliphatic carbocycles. The molecule has 0 radical (unpaired) electrons. The first-order valence-corrected chi connectivity index (χ1v) is 13.9. The van der Waals surface area contributed by atoms with Crippen molar-refractivity contribution in [3.8, 4) is 33.9 Å². The summed E-state index contributed by atoms with van der Waals surface area (Å²) in [6.07, 6.45) is 0.394. The summed E-state index contributed by atoms with van der Waals surface area (Å²) in [6.45, 7) is 0.211. The Balaban J connectivity index is 1.40. The number of fused-ring (bicyclic) bond motifs is 2. The van der Waals surface area contributed by atoms with Crippen LogP contribution in [0.5, 0.6) is 11.5 Å². The summed E-state index contributed by atoms with van der Waals surface area (Å²) in [5.41, 5.74) is 2.06. The first-order chi connectivity index (χ1) is 20.0. The number of urea groups is 1. The Hall–Kier alpha value is -5.16. The van der Waals surface area contributed by atoms with E-state index in [1.807, 2.05) is 0 Å². The predicted molar refractivity (Wildman–Crippen MR) is 151 cm³/mol. The maximum Gasteiger partial charge on any atom is 0.336 e. The van der Waals surface area contributed by atoms with Gasteiger partial charge in [0.15, 0.2) is 5.43 Å². The lowest BCUT2D eigenvalue weighted by Gasteiger charge is -2.18. The van der Waals surface area contributed by atoms with Crippen molar-refractivity contribution < 1.29 is 43.1 Å². The molecule has 0 spiro atoms. The number of amides is 2. The topological polar surface area (TPSA) is 198 Å². The van der Waals surface area contributed by atoms with E-state index in [0.717, 1.165) is 5.56 Å². The number of aromatic carboxylic acids is 1. The molecule has 1 aliphatic heterocycles. The number of phosphoric acid groups is 1. The van der Waals surface area contributed by atoms with Gasteiger partial charge in [0.1, 0.15) is 22.8 Å². The number of hydrogen-bond acceptors (Lipinski definition) is 8. The van der Waals surface area contributed by atoms with Crippen molar-refractivity contribution >= 4 is 36.5 Å². The van der Waals surface area contributed by atoms with E-state index in [-0.39, 0.29) is 45.9 Å². The summed E-state index contributed by atoms with van der Waals surface area (Å²) in [6, 6.07) is 18.1. The molecule has 0 saturated carbocycles. The van der Waals surface area contributed by atoms with Gasteiger partial charge in [0.2, 0.25) is 0 Å². The normalized spacial score (nSPS) is 12.5. The van der Waals surface area contributed by atoms with E-state index in [9.17, 15) is 34.1 Å². The van der Waals surface area contributed by atoms with E-state index >= 15 is 0 Å². The van der Waals surface area contributed by atoms with Gasteiger partial charge >= 0.3 is 19.8 Å². The highest BCUT2D eigenvalue weighted by molar-refractivity contribution is 7.45. The molecule has 0 saturated heterocycles. The summed E-state index contributed by atoms with van der Waals surface area (Å²) < 4.78 is 21.1. The van der Waals surface area contributed by atoms with Crippen molar-refractivity contribution in [2.45, 2.75) is 6.42 Å². The van der Waals surface area contributed by atoms with Crippen molar-refractivity contribution in [3.05, 3.63) is 100 Å². The Morgan fingerprint density at radius 2 is 1.71 bits per heavy atom. The Morgan fingerprint density at radius 3 is 2.43 bits per heavy atom. The molecule has 5 N–H and O–H groups in total. The SMILES string of the molecule is O=C(NCCc1ccc(OP(=O)([O-])O)cc1)Nc1ccc(C(=O)O)c(-c2c3ccc(=O)cc-3oc3cc(O)ccc23)c1. The van der Waals surface area contributed by atoms with Gasteiger partial charge < -0.3 is 39.6 Å². The van der Waals surface area contributed by atoms with Crippen molar-refractivity contribution in [1.82, 2.24) is 5.32 Å². The van der Waals surface area contributed by atoms with E-state index in [0.29, 0.717) is 28.6 Å². The molecule has 13 heteroatoms. The van der Waals surface area contributed by atoms with Crippen LogP contribution in [-0.4, -0.2) is 33.7 Å². The number of phosphoric ester groups is 1. The van der Waals surface area contributed by atoms with Crippen LogP contribution in [0.15, 0.2) is 88.1 Å². The number of carboxylic acids is 1. The number of hydrogen-bond donors (Lipinski definition) is 5. The number of aromatic hydroxyl groups is 1. The smallest absolute Gasteiger partial charge is 0.336 e. The van der Waals surface area contributed by atoms with E-state index in [1.54, 1.807) is 18.2 Å². The van der Waals surface area contributed by atoms with Gasteiger partial charge in [0.25, 0.3) is 0 Å². The first kappa shape index (κ1) is 28.4. The summed E-state index contributed by atoms with van der Waals surface area (Å²) in [5.74, 6) is -1.15. The number of rotatable bonds is 8. The second kappa shape index (κ2) is 11.4. The van der Waals surface area contributed by atoms with E-state index < -0.39 is 19.8 Å². The molecule has 3 aromatic carbocycles. The van der Waals surface area contributed by atoms with Gasteiger partial charge in [-0.2, -0.15) is 0 Å². The van der Waals surface area contributed by atoms with Crippen LogP contribution in [0.1, 0.15) is 15.9 Å². The fourth-order valence-corrected chi connectivity index (χ4v) is 4.90. The second-order valence-electron chi connectivity index (χ2n) is 9.22. The Kier molecular flexibility index (Phi) is 7.68. The molecule has 1 atom stereocenters. The highest BCUT2D eigenvalue weighted by Crippen LogP contribution is 2.42. The molecule has 42 heavy (non-hydrogen) atoms. The zero-order chi connectivity index (χ0) is 30.0. The average molecular weight is 589 g/mol. The number of carbonyl (C=O) groups excluding carboxylic acids is 1. The highest BCUT2D eigenvalue weighted by Gasteiger charge is 2.22. The van der Waals surface area contributed by atoms with Gasteiger partial charge in [-0.3, -0.25) is 9.36 Å². The Morgan fingerprint density at radius 1 is 0.952 bits per heavy atom. The number of benzene rings is 4. The van der Waals surface area contributed by atoms with Gasteiger partial charge in [-0.1, -0.05) is 12.1 Å². The first-order valence-electron chi connectivity index (χ1n) is 12.4. The minimum absolute atomic E-state index is 0.0520. The molecule has 214 valence electrons. The molecule has 1 heterocycles. The van der Waals surface area contributed by atoms with E-state index in [1.165, 1.54) is 60.7 Å². The van der Waals surface area contributed by atoms with Crippen LogP contribution in [0.3, 0.4) is 0 Å². The zero-order valence-electron chi connectivity index (χ0n) is 21.6. The van der Waals surface area contributed by atoms with Crippen LogP contribution < -0.4 is 25.5 Å². The second-order valence-corrected chi connectivity index (χ2v) is 10.3. The van der Waals surface area contributed by atoms with Crippen molar-refractivity contribution in [1.29, 1.82) is 0 Å². The fraction of sp³-hybridized carbons (Fsp3) is 0.0690. The lowest BCUT2D eigenvalue weighted by atomic mass is 9.90. The quantitative estimate of drug-likeness (QED) is 0.129. The van der Waals surface area contributed by atoms with Crippen molar-refractivity contribution in [2.75, 3.05) is 11.9 Å². The number of phenols is 1. The third-order valence-corrected chi connectivity index (χ3v) is 6.74. The molecular weight excluding hydrogens is 567 g/mol. The van der Waals surface area contributed by atoms with Crippen LogP contribution in [0, 0.1) is 0 Å². The summed E-state index contributed by atoms with van der Waals surface area (Å²) in [7, 11) is -4.91.